The van der Waals surface area contributed by atoms with E-state index in [0.717, 1.165) is 37.6 Å². The molecule has 0 amide bonds. The van der Waals surface area contributed by atoms with E-state index in [0.29, 0.717) is 0 Å². The predicted molar refractivity (Wildman–Crippen MR) is 91.6 cm³/mol. The van der Waals surface area contributed by atoms with Gasteiger partial charge in [-0.2, -0.15) is 0 Å². The van der Waals surface area contributed by atoms with E-state index in [2.05, 4.69) is 69.9 Å². The third-order valence-corrected chi connectivity index (χ3v) is 4.45. The fourth-order valence-corrected chi connectivity index (χ4v) is 3.22. The monoisotopic (exact) mass is 292 g/mol. The molecule has 1 saturated heterocycles. The number of nitrogens with zero attached hydrogens (tertiary/aromatic N) is 4. The summed E-state index contributed by atoms with van der Waals surface area (Å²) < 4.78 is 2.20. The van der Waals surface area contributed by atoms with Gasteiger partial charge in [-0.25, -0.2) is 4.98 Å². The molecule has 4 rings (SSSR count). The molecule has 0 spiro atoms. The summed E-state index contributed by atoms with van der Waals surface area (Å²) in [6, 6.07) is 19.0. The van der Waals surface area contributed by atoms with Crippen molar-refractivity contribution in [3.8, 4) is 0 Å². The highest BCUT2D eigenvalue weighted by Crippen LogP contribution is 2.23. The topological polar surface area (TPSA) is 24.3 Å². The molecule has 1 aliphatic heterocycles. The summed E-state index contributed by atoms with van der Waals surface area (Å²) in [6.45, 7) is 4.08. The Bertz CT molecular complexity index is 770. The van der Waals surface area contributed by atoms with E-state index >= 15 is 0 Å². The summed E-state index contributed by atoms with van der Waals surface area (Å²) in [5.74, 6) is 1.08. The highest BCUT2D eigenvalue weighted by molar-refractivity contribution is 5.78. The summed E-state index contributed by atoms with van der Waals surface area (Å²) in [6.07, 6.45) is 0. The van der Waals surface area contributed by atoms with Gasteiger partial charge in [0.1, 0.15) is 0 Å². The maximum Gasteiger partial charge on any atom is 0.206 e. The largest absolute Gasteiger partial charge is 0.368 e. The normalized spacial score (nSPS) is 15.5. The number of hydrogen-bond acceptors (Lipinski definition) is 3. The molecule has 2 heterocycles. The average Bonchev–Trinajstić information content (AvgIpc) is 2.93. The van der Waals surface area contributed by atoms with Crippen LogP contribution in [0.3, 0.4) is 0 Å². The highest BCUT2D eigenvalue weighted by Gasteiger charge is 2.21. The first-order valence-electron chi connectivity index (χ1n) is 7.79. The molecule has 0 unspecified atom stereocenters. The standard InChI is InChI=1S/C18H20N4/c1-20-17-10-6-5-9-16(17)19-18(20)22-13-11-21(12-14-22)15-7-3-2-4-8-15/h2-10H,11-14H2,1H3. The van der Waals surface area contributed by atoms with Crippen LogP contribution in [-0.2, 0) is 7.05 Å². The van der Waals surface area contributed by atoms with Gasteiger partial charge in [-0.05, 0) is 24.3 Å². The van der Waals surface area contributed by atoms with Gasteiger partial charge in [0.25, 0.3) is 0 Å². The summed E-state index contributed by atoms with van der Waals surface area (Å²) in [5.41, 5.74) is 3.58. The quantitative estimate of drug-likeness (QED) is 0.726. The molecule has 112 valence electrons. The van der Waals surface area contributed by atoms with Crippen LogP contribution in [0.2, 0.25) is 0 Å². The third-order valence-electron chi connectivity index (χ3n) is 4.45. The fourth-order valence-electron chi connectivity index (χ4n) is 3.22. The minimum Gasteiger partial charge on any atom is -0.368 e. The van der Waals surface area contributed by atoms with Crippen LogP contribution in [0.25, 0.3) is 11.0 Å². The van der Waals surface area contributed by atoms with Crippen LogP contribution >= 0.6 is 0 Å². The average molecular weight is 292 g/mol. The van der Waals surface area contributed by atoms with E-state index < -0.39 is 0 Å². The zero-order valence-electron chi connectivity index (χ0n) is 12.8. The number of rotatable bonds is 2. The van der Waals surface area contributed by atoms with E-state index in [9.17, 15) is 0 Å². The van der Waals surface area contributed by atoms with Crippen molar-refractivity contribution in [2.24, 2.45) is 7.05 Å². The Balaban J connectivity index is 1.54. The van der Waals surface area contributed by atoms with E-state index in [1.54, 1.807) is 0 Å². The molecule has 0 saturated carbocycles. The number of hydrogen-bond donors (Lipinski definition) is 0. The first-order valence-corrected chi connectivity index (χ1v) is 7.79. The second-order valence-electron chi connectivity index (χ2n) is 5.77. The lowest BCUT2D eigenvalue weighted by Crippen LogP contribution is -2.47. The maximum absolute atomic E-state index is 4.80. The summed E-state index contributed by atoms with van der Waals surface area (Å²) in [7, 11) is 2.11. The van der Waals surface area contributed by atoms with Crippen LogP contribution in [0.4, 0.5) is 11.6 Å². The van der Waals surface area contributed by atoms with Gasteiger partial charge in [0.2, 0.25) is 5.95 Å². The smallest absolute Gasteiger partial charge is 0.206 e. The number of aryl methyl sites for hydroxylation is 1. The number of fused-ring (bicyclic) bond motifs is 1. The van der Waals surface area contributed by atoms with Crippen molar-refractivity contribution >= 4 is 22.7 Å². The number of imidazole rings is 1. The Morgan fingerprint density at radius 3 is 2.14 bits per heavy atom. The number of piperazine rings is 1. The SMILES string of the molecule is Cn1c(N2CCN(c3ccccc3)CC2)nc2ccccc21. The van der Waals surface area contributed by atoms with Crippen LogP contribution in [0, 0.1) is 0 Å². The van der Waals surface area contributed by atoms with Gasteiger partial charge in [-0.1, -0.05) is 30.3 Å². The Labute approximate surface area is 130 Å². The van der Waals surface area contributed by atoms with E-state index in [1.165, 1.54) is 11.2 Å². The second-order valence-corrected chi connectivity index (χ2v) is 5.77. The number of para-hydroxylation sites is 3. The van der Waals surface area contributed by atoms with Crippen molar-refractivity contribution in [1.82, 2.24) is 9.55 Å². The van der Waals surface area contributed by atoms with Crippen LogP contribution in [0.5, 0.6) is 0 Å². The van der Waals surface area contributed by atoms with Crippen LogP contribution < -0.4 is 9.80 Å². The molecule has 0 radical (unpaired) electrons. The molecule has 1 aliphatic rings. The van der Waals surface area contributed by atoms with Gasteiger partial charge in [0, 0.05) is 38.9 Å². The molecular weight excluding hydrogens is 272 g/mol. The van der Waals surface area contributed by atoms with Crippen molar-refractivity contribution in [2.45, 2.75) is 0 Å². The molecule has 0 N–H and O–H groups in total. The molecule has 0 aliphatic carbocycles. The van der Waals surface area contributed by atoms with Crippen molar-refractivity contribution in [3.63, 3.8) is 0 Å². The van der Waals surface area contributed by atoms with Gasteiger partial charge >= 0.3 is 0 Å². The van der Waals surface area contributed by atoms with Crippen molar-refractivity contribution in [3.05, 3.63) is 54.6 Å². The lowest BCUT2D eigenvalue weighted by atomic mass is 10.2. The Morgan fingerprint density at radius 1 is 0.773 bits per heavy atom. The molecule has 2 aromatic carbocycles. The van der Waals surface area contributed by atoms with Crippen molar-refractivity contribution in [2.75, 3.05) is 36.0 Å². The van der Waals surface area contributed by atoms with Gasteiger partial charge in [-0.3, -0.25) is 0 Å². The van der Waals surface area contributed by atoms with Gasteiger partial charge in [0.15, 0.2) is 0 Å². The minimum absolute atomic E-state index is 1.01. The lowest BCUT2D eigenvalue weighted by Gasteiger charge is -2.36. The first kappa shape index (κ1) is 13.2. The third kappa shape index (κ3) is 2.21. The molecular formula is C18H20N4. The number of benzene rings is 2. The number of anilines is 2. The lowest BCUT2D eigenvalue weighted by molar-refractivity contribution is 0.632. The molecule has 1 aromatic heterocycles. The van der Waals surface area contributed by atoms with E-state index in [-0.39, 0.29) is 0 Å². The van der Waals surface area contributed by atoms with E-state index in [4.69, 9.17) is 4.98 Å². The zero-order valence-corrected chi connectivity index (χ0v) is 12.8. The molecule has 4 heteroatoms. The Kier molecular flexibility index (Phi) is 3.22. The predicted octanol–water partition coefficient (Wildman–Crippen LogP) is 2.90. The molecule has 22 heavy (non-hydrogen) atoms. The van der Waals surface area contributed by atoms with E-state index in [1.807, 2.05) is 6.07 Å². The van der Waals surface area contributed by atoms with Gasteiger partial charge < -0.3 is 14.4 Å². The molecule has 1 fully saturated rings. The van der Waals surface area contributed by atoms with Crippen LogP contribution in [-0.4, -0.2) is 35.7 Å². The molecule has 0 atom stereocenters. The maximum atomic E-state index is 4.80. The van der Waals surface area contributed by atoms with Crippen molar-refractivity contribution < 1.29 is 0 Å². The molecule has 0 bridgehead atoms. The fraction of sp³-hybridized carbons (Fsp3) is 0.278. The van der Waals surface area contributed by atoms with Crippen molar-refractivity contribution in [1.29, 1.82) is 0 Å². The van der Waals surface area contributed by atoms with Crippen LogP contribution in [0.15, 0.2) is 54.6 Å². The molecule has 4 nitrogen and oxygen atoms in total. The highest BCUT2D eigenvalue weighted by atomic mass is 15.3. The van der Waals surface area contributed by atoms with Crippen LogP contribution in [0.1, 0.15) is 0 Å². The Morgan fingerprint density at radius 2 is 1.41 bits per heavy atom. The second kappa shape index (κ2) is 5.37. The molecule has 3 aromatic rings. The number of aromatic nitrogens is 2. The minimum atomic E-state index is 1.01. The summed E-state index contributed by atoms with van der Waals surface area (Å²) >= 11 is 0. The zero-order chi connectivity index (χ0) is 14.9. The van der Waals surface area contributed by atoms with Gasteiger partial charge in [-0.15, -0.1) is 0 Å². The van der Waals surface area contributed by atoms with Gasteiger partial charge in [0.05, 0.1) is 11.0 Å². The summed E-state index contributed by atoms with van der Waals surface area (Å²) in [4.78, 5) is 9.64. The summed E-state index contributed by atoms with van der Waals surface area (Å²) in [5, 5.41) is 0. The Hall–Kier alpha value is -2.49. The first-order chi connectivity index (χ1) is 10.8.